The second kappa shape index (κ2) is 7.58. The van der Waals surface area contributed by atoms with E-state index < -0.39 is 11.5 Å². The molecule has 0 unspecified atom stereocenters. The zero-order valence-electron chi connectivity index (χ0n) is 18.4. The minimum atomic E-state index is -0.604. The van der Waals surface area contributed by atoms with Crippen LogP contribution in [-0.4, -0.2) is 29.1 Å². The van der Waals surface area contributed by atoms with Crippen molar-refractivity contribution in [3.63, 3.8) is 0 Å². The Morgan fingerprint density at radius 1 is 1.03 bits per heavy atom. The molecule has 0 N–H and O–H groups in total. The number of aromatic nitrogens is 6. The normalized spacial score (nSPS) is 15.7. The van der Waals surface area contributed by atoms with Crippen molar-refractivity contribution in [2.75, 3.05) is 0 Å². The van der Waals surface area contributed by atoms with Gasteiger partial charge >= 0.3 is 5.69 Å². The van der Waals surface area contributed by atoms with Crippen molar-refractivity contribution in [1.82, 2.24) is 29.1 Å². The lowest BCUT2D eigenvalue weighted by Crippen LogP contribution is -2.22. The molecular formula is C25H18ClFN6O2. The Kier molecular flexibility index (Phi) is 4.44. The zero-order valence-corrected chi connectivity index (χ0v) is 19.1. The van der Waals surface area contributed by atoms with E-state index in [-0.39, 0.29) is 22.5 Å². The lowest BCUT2D eigenvalue weighted by molar-refractivity contribution is 0.584. The first-order valence-electron chi connectivity index (χ1n) is 11.4. The zero-order chi connectivity index (χ0) is 23.7. The molecule has 2 aliphatic carbocycles. The SMILES string of the molecule is O=c1nc2c(ccn2C2CC2)cn1-c1nc(-c2cnc(C3CC3)nc2)oc1-c1ccc(Cl)c(F)c1. The van der Waals surface area contributed by atoms with Crippen molar-refractivity contribution in [3.8, 4) is 28.6 Å². The third-order valence-corrected chi connectivity index (χ3v) is 6.72. The Morgan fingerprint density at radius 3 is 2.54 bits per heavy atom. The molecule has 0 amide bonds. The lowest BCUT2D eigenvalue weighted by Gasteiger charge is -2.06. The van der Waals surface area contributed by atoms with E-state index in [0.29, 0.717) is 28.7 Å². The van der Waals surface area contributed by atoms with Gasteiger partial charge < -0.3 is 8.98 Å². The summed E-state index contributed by atoms with van der Waals surface area (Å²) < 4.78 is 23.8. The monoisotopic (exact) mass is 488 g/mol. The summed E-state index contributed by atoms with van der Waals surface area (Å²) in [4.78, 5) is 31.0. The molecule has 0 aliphatic heterocycles. The first-order valence-corrected chi connectivity index (χ1v) is 11.8. The van der Waals surface area contributed by atoms with Gasteiger partial charge in [-0.2, -0.15) is 9.97 Å². The van der Waals surface area contributed by atoms with Crippen molar-refractivity contribution < 1.29 is 8.81 Å². The van der Waals surface area contributed by atoms with Crippen LogP contribution in [0.3, 0.4) is 0 Å². The molecule has 1 aromatic carbocycles. The molecule has 0 saturated heterocycles. The first kappa shape index (κ1) is 20.5. The van der Waals surface area contributed by atoms with Crippen molar-refractivity contribution in [2.45, 2.75) is 37.6 Å². The van der Waals surface area contributed by atoms with Gasteiger partial charge in [-0.15, -0.1) is 0 Å². The van der Waals surface area contributed by atoms with Gasteiger partial charge in [-0.3, -0.25) is 0 Å². The van der Waals surface area contributed by atoms with Crippen LogP contribution >= 0.6 is 11.6 Å². The molecule has 7 rings (SSSR count). The van der Waals surface area contributed by atoms with E-state index in [9.17, 15) is 9.18 Å². The quantitative estimate of drug-likeness (QED) is 0.333. The fraction of sp³-hybridized carbons (Fsp3) is 0.240. The number of oxazole rings is 1. The van der Waals surface area contributed by atoms with E-state index in [2.05, 4.69) is 19.9 Å². The van der Waals surface area contributed by atoms with E-state index in [1.54, 1.807) is 24.7 Å². The molecule has 0 bridgehead atoms. The van der Waals surface area contributed by atoms with Gasteiger partial charge in [-0.05, 0) is 49.9 Å². The minimum absolute atomic E-state index is 0.0132. The predicted octanol–water partition coefficient (Wildman–Crippen LogP) is 5.30. The van der Waals surface area contributed by atoms with Crippen LogP contribution in [0.15, 0.2) is 58.3 Å². The third kappa shape index (κ3) is 3.54. The number of fused-ring (bicyclic) bond motifs is 1. The summed E-state index contributed by atoms with van der Waals surface area (Å²) in [5, 5.41) is 0.784. The van der Waals surface area contributed by atoms with E-state index in [1.807, 2.05) is 16.8 Å². The summed E-state index contributed by atoms with van der Waals surface area (Å²) in [5.74, 6) is 1.24. The molecule has 0 atom stereocenters. The van der Waals surface area contributed by atoms with Crippen LogP contribution in [0.1, 0.15) is 43.5 Å². The van der Waals surface area contributed by atoms with Gasteiger partial charge in [-0.1, -0.05) is 11.6 Å². The second-order valence-corrected chi connectivity index (χ2v) is 9.44. The molecule has 2 aliphatic rings. The summed E-state index contributed by atoms with van der Waals surface area (Å²) in [6, 6.07) is 6.62. The number of halogens is 2. The van der Waals surface area contributed by atoms with Crippen LogP contribution in [-0.2, 0) is 0 Å². The lowest BCUT2D eigenvalue weighted by atomic mass is 10.1. The molecule has 4 aromatic heterocycles. The molecule has 0 radical (unpaired) electrons. The second-order valence-electron chi connectivity index (χ2n) is 9.03. The van der Waals surface area contributed by atoms with E-state index >= 15 is 0 Å². The van der Waals surface area contributed by atoms with Crippen LogP contribution in [0.2, 0.25) is 5.02 Å². The number of hydrogen-bond acceptors (Lipinski definition) is 6. The van der Waals surface area contributed by atoms with Gasteiger partial charge in [-0.25, -0.2) is 23.7 Å². The van der Waals surface area contributed by atoms with Crippen molar-refractivity contribution in [3.05, 3.63) is 76.2 Å². The van der Waals surface area contributed by atoms with Gasteiger partial charge in [0.15, 0.2) is 11.6 Å². The standard InChI is InChI=1S/C25H18ClFN6O2/c26-18-6-3-14(9-19(18)27)20-23(30-24(35-20)16-10-28-21(29-11-16)13-1-2-13)33-12-15-7-8-32(17-4-5-17)22(15)31-25(33)34/h3,6-13,17H,1-2,4-5H2. The molecule has 2 fully saturated rings. The van der Waals surface area contributed by atoms with Gasteiger partial charge in [0.1, 0.15) is 17.3 Å². The van der Waals surface area contributed by atoms with E-state index in [0.717, 1.165) is 36.9 Å². The van der Waals surface area contributed by atoms with Gasteiger partial charge in [0.05, 0.1) is 10.6 Å². The van der Waals surface area contributed by atoms with Crippen LogP contribution in [0.25, 0.3) is 39.6 Å². The molecule has 0 spiro atoms. The van der Waals surface area contributed by atoms with Gasteiger partial charge in [0.25, 0.3) is 0 Å². The van der Waals surface area contributed by atoms with Gasteiger partial charge in [0.2, 0.25) is 5.89 Å². The number of benzene rings is 1. The molecule has 35 heavy (non-hydrogen) atoms. The Morgan fingerprint density at radius 2 is 1.83 bits per heavy atom. The highest BCUT2D eigenvalue weighted by atomic mass is 35.5. The molecule has 10 heteroatoms. The smallest absolute Gasteiger partial charge is 0.355 e. The Bertz CT molecular complexity index is 1660. The van der Waals surface area contributed by atoms with Crippen LogP contribution in [0, 0.1) is 5.82 Å². The maximum Gasteiger partial charge on any atom is 0.355 e. The average Bonchev–Trinajstić information content (AvgIpc) is 3.80. The van der Waals surface area contributed by atoms with Crippen molar-refractivity contribution in [2.24, 2.45) is 0 Å². The minimum Gasteiger partial charge on any atom is -0.434 e. The number of hydrogen-bond donors (Lipinski definition) is 0. The molecule has 4 heterocycles. The largest absolute Gasteiger partial charge is 0.434 e. The molecule has 5 aromatic rings. The van der Waals surface area contributed by atoms with Gasteiger partial charge in [0, 0.05) is 47.7 Å². The highest BCUT2D eigenvalue weighted by Crippen LogP contribution is 2.39. The Labute approximate surface area is 203 Å². The van der Waals surface area contributed by atoms with Crippen molar-refractivity contribution in [1.29, 1.82) is 0 Å². The summed E-state index contributed by atoms with van der Waals surface area (Å²) in [6.07, 6.45) is 11.3. The summed E-state index contributed by atoms with van der Waals surface area (Å²) >= 11 is 5.89. The van der Waals surface area contributed by atoms with E-state index in [4.69, 9.17) is 16.0 Å². The topological polar surface area (TPSA) is 91.6 Å². The number of rotatable bonds is 5. The van der Waals surface area contributed by atoms with Crippen LogP contribution in [0.5, 0.6) is 0 Å². The maximum absolute atomic E-state index is 14.3. The maximum atomic E-state index is 14.3. The molecule has 8 nitrogen and oxygen atoms in total. The highest BCUT2D eigenvalue weighted by Gasteiger charge is 2.28. The van der Waals surface area contributed by atoms with Crippen molar-refractivity contribution >= 4 is 22.6 Å². The summed E-state index contributed by atoms with van der Waals surface area (Å²) in [7, 11) is 0. The first-order chi connectivity index (χ1) is 17.0. The molecule has 174 valence electrons. The predicted molar refractivity (Wildman–Crippen MR) is 127 cm³/mol. The molecular weight excluding hydrogens is 471 g/mol. The summed E-state index contributed by atoms with van der Waals surface area (Å²) in [5.41, 5.74) is 1.08. The molecule has 2 saturated carbocycles. The van der Waals surface area contributed by atoms with Crippen LogP contribution in [0.4, 0.5) is 4.39 Å². The third-order valence-electron chi connectivity index (χ3n) is 6.41. The van der Waals surface area contributed by atoms with E-state index in [1.165, 1.54) is 16.7 Å². The highest BCUT2D eigenvalue weighted by molar-refractivity contribution is 6.30. The summed E-state index contributed by atoms with van der Waals surface area (Å²) in [6.45, 7) is 0. The fourth-order valence-corrected chi connectivity index (χ4v) is 4.36. The van der Waals surface area contributed by atoms with Crippen LogP contribution < -0.4 is 5.69 Å². The Hall–Kier alpha value is -3.85. The number of nitrogens with zero attached hydrogens (tertiary/aromatic N) is 6. The average molecular weight is 489 g/mol. The fourth-order valence-electron chi connectivity index (χ4n) is 4.24. The Balaban J connectivity index is 1.40.